The van der Waals surface area contributed by atoms with Gasteiger partial charge in [-0.25, -0.2) is 0 Å². The summed E-state index contributed by atoms with van der Waals surface area (Å²) in [6.45, 7) is 1.93. The van der Waals surface area contributed by atoms with E-state index >= 15 is 0 Å². The third-order valence-corrected chi connectivity index (χ3v) is 3.58. The van der Waals surface area contributed by atoms with Crippen molar-refractivity contribution in [3.05, 3.63) is 70.2 Å². The van der Waals surface area contributed by atoms with Crippen molar-refractivity contribution in [2.45, 2.75) is 19.3 Å². The standard InChI is InChI=1S/C16H15ClO2/c1-11-7-8-12(10-15(11)17)9-14(16(18)19)13-5-3-2-4-6-13/h2-8,10,14H,9H2,1H3,(H,18,19). The number of carboxylic acid groups (broad SMARTS) is 1. The van der Waals surface area contributed by atoms with E-state index in [0.29, 0.717) is 11.4 Å². The topological polar surface area (TPSA) is 37.3 Å². The van der Waals surface area contributed by atoms with Crippen molar-refractivity contribution in [1.29, 1.82) is 0 Å². The van der Waals surface area contributed by atoms with Crippen molar-refractivity contribution in [3.63, 3.8) is 0 Å². The van der Waals surface area contributed by atoms with E-state index in [4.69, 9.17) is 11.6 Å². The lowest BCUT2D eigenvalue weighted by atomic mass is 9.92. The van der Waals surface area contributed by atoms with Crippen LogP contribution >= 0.6 is 11.6 Å². The molecule has 1 N–H and O–H groups in total. The van der Waals surface area contributed by atoms with Gasteiger partial charge in [-0.2, -0.15) is 0 Å². The van der Waals surface area contributed by atoms with Gasteiger partial charge >= 0.3 is 5.97 Å². The van der Waals surface area contributed by atoms with Gasteiger partial charge in [0.15, 0.2) is 0 Å². The molecule has 0 saturated heterocycles. The first-order valence-electron chi connectivity index (χ1n) is 6.10. The summed E-state index contributed by atoms with van der Waals surface area (Å²) in [5, 5.41) is 10.1. The minimum atomic E-state index is -0.817. The highest BCUT2D eigenvalue weighted by Crippen LogP contribution is 2.24. The van der Waals surface area contributed by atoms with Gasteiger partial charge in [-0.3, -0.25) is 4.79 Å². The van der Waals surface area contributed by atoms with Gasteiger partial charge in [0, 0.05) is 5.02 Å². The molecule has 19 heavy (non-hydrogen) atoms. The van der Waals surface area contributed by atoms with E-state index in [2.05, 4.69) is 0 Å². The molecular weight excluding hydrogens is 260 g/mol. The number of carboxylic acids is 1. The Morgan fingerprint density at radius 2 is 1.89 bits per heavy atom. The van der Waals surface area contributed by atoms with E-state index in [0.717, 1.165) is 16.7 Å². The number of rotatable bonds is 4. The van der Waals surface area contributed by atoms with E-state index in [1.54, 1.807) is 0 Å². The van der Waals surface area contributed by atoms with Crippen LogP contribution in [0.15, 0.2) is 48.5 Å². The lowest BCUT2D eigenvalue weighted by molar-refractivity contribution is -0.138. The number of carbonyl (C=O) groups is 1. The van der Waals surface area contributed by atoms with Gasteiger partial charge < -0.3 is 5.11 Å². The molecule has 0 heterocycles. The number of aliphatic carboxylic acids is 1. The monoisotopic (exact) mass is 274 g/mol. The molecule has 0 bridgehead atoms. The summed E-state index contributed by atoms with van der Waals surface area (Å²) in [7, 11) is 0. The maximum atomic E-state index is 11.4. The minimum absolute atomic E-state index is 0.444. The molecule has 0 aliphatic rings. The number of aryl methyl sites for hydroxylation is 1. The van der Waals surface area contributed by atoms with Crippen molar-refractivity contribution in [3.8, 4) is 0 Å². The highest BCUT2D eigenvalue weighted by Gasteiger charge is 2.20. The van der Waals surface area contributed by atoms with E-state index in [1.165, 1.54) is 0 Å². The van der Waals surface area contributed by atoms with Crippen molar-refractivity contribution < 1.29 is 9.90 Å². The Morgan fingerprint density at radius 1 is 1.21 bits per heavy atom. The Kier molecular flexibility index (Phi) is 4.23. The molecule has 1 unspecified atom stereocenters. The van der Waals surface area contributed by atoms with Crippen LogP contribution in [0.1, 0.15) is 22.6 Å². The summed E-state index contributed by atoms with van der Waals surface area (Å²) >= 11 is 6.08. The second-order valence-corrected chi connectivity index (χ2v) is 5.00. The van der Waals surface area contributed by atoms with Crippen LogP contribution in [-0.2, 0) is 11.2 Å². The summed E-state index contributed by atoms with van der Waals surface area (Å²) in [5.74, 6) is -1.36. The van der Waals surface area contributed by atoms with Crippen LogP contribution in [-0.4, -0.2) is 11.1 Å². The fourth-order valence-electron chi connectivity index (χ4n) is 2.03. The maximum Gasteiger partial charge on any atom is 0.311 e. The predicted molar refractivity (Wildman–Crippen MR) is 76.7 cm³/mol. The molecule has 2 aromatic carbocycles. The fraction of sp³-hybridized carbons (Fsp3) is 0.188. The molecule has 0 radical (unpaired) electrons. The second-order valence-electron chi connectivity index (χ2n) is 4.59. The first kappa shape index (κ1) is 13.6. The van der Waals surface area contributed by atoms with Gasteiger partial charge in [0.25, 0.3) is 0 Å². The molecule has 0 aliphatic carbocycles. The quantitative estimate of drug-likeness (QED) is 0.913. The van der Waals surface area contributed by atoms with Crippen LogP contribution in [0.5, 0.6) is 0 Å². The number of benzene rings is 2. The average molecular weight is 275 g/mol. The zero-order chi connectivity index (χ0) is 13.8. The molecule has 0 aliphatic heterocycles. The highest BCUT2D eigenvalue weighted by molar-refractivity contribution is 6.31. The second kappa shape index (κ2) is 5.89. The lowest BCUT2D eigenvalue weighted by Gasteiger charge is -2.13. The fourth-order valence-corrected chi connectivity index (χ4v) is 2.24. The summed E-state index contributed by atoms with van der Waals surface area (Å²) in [6.07, 6.45) is 0.444. The summed E-state index contributed by atoms with van der Waals surface area (Å²) in [5.41, 5.74) is 2.75. The van der Waals surface area contributed by atoms with E-state index in [1.807, 2.05) is 55.5 Å². The number of halogens is 1. The van der Waals surface area contributed by atoms with Gasteiger partial charge in [-0.1, -0.05) is 54.1 Å². The zero-order valence-corrected chi connectivity index (χ0v) is 11.4. The molecule has 0 aromatic heterocycles. The highest BCUT2D eigenvalue weighted by atomic mass is 35.5. The third kappa shape index (κ3) is 3.36. The van der Waals surface area contributed by atoms with Gasteiger partial charge in [0.1, 0.15) is 0 Å². The Labute approximate surface area is 117 Å². The van der Waals surface area contributed by atoms with E-state index in [9.17, 15) is 9.90 Å². The molecule has 0 fully saturated rings. The summed E-state index contributed by atoms with van der Waals surface area (Å²) in [4.78, 5) is 11.4. The van der Waals surface area contributed by atoms with Crippen molar-refractivity contribution in [2.24, 2.45) is 0 Å². The van der Waals surface area contributed by atoms with Crippen molar-refractivity contribution in [2.75, 3.05) is 0 Å². The Balaban J connectivity index is 2.27. The van der Waals surface area contributed by atoms with Gasteiger partial charge in [0.05, 0.1) is 5.92 Å². The van der Waals surface area contributed by atoms with Crippen molar-refractivity contribution in [1.82, 2.24) is 0 Å². The smallest absolute Gasteiger partial charge is 0.311 e. The summed E-state index contributed by atoms with van der Waals surface area (Å²) < 4.78 is 0. The molecule has 1 atom stereocenters. The minimum Gasteiger partial charge on any atom is -0.481 e. The molecule has 0 spiro atoms. The van der Waals surface area contributed by atoms with Crippen LogP contribution in [0, 0.1) is 6.92 Å². The summed E-state index contributed by atoms with van der Waals surface area (Å²) in [6, 6.07) is 15.0. The molecule has 0 saturated carbocycles. The normalized spacial score (nSPS) is 12.1. The van der Waals surface area contributed by atoms with Crippen LogP contribution < -0.4 is 0 Å². The third-order valence-electron chi connectivity index (χ3n) is 3.18. The predicted octanol–water partition coefficient (Wildman–Crippen LogP) is 4.06. The molecule has 2 rings (SSSR count). The molecular formula is C16H15ClO2. The maximum absolute atomic E-state index is 11.4. The number of hydrogen-bond donors (Lipinski definition) is 1. The molecule has 0 amide bonds. The molecule has 2 aromatic rings. The Bertz CT molecular complexity index is 579. The van der Waals surface area contributed by atoms with Gasteiger partial charge in [0.2, 0.25) is 0 Å². The molecule has 2 nitrogen and oxygen atoms in total. The average Bonchev–Trinajstić information content (AvgIpc) is 2.40. The van der Waals surface area contributed by atoms with Crippen LogP contribution in [0.2, 0.25) is 5.02 Å². The Morgan fingerprint density at radius 3 is 2.47 bits per heavy atom. The van der Waals surface area contributed by atoms with Crippen molar-refractivity contribution >= 4 is 17.6 Å². The SMILES string of the molecule is Cc1ccc(CC(C(=O)O)c2ccccc2)cc1Cl. The molecule has 98 valence electrons. The first-order chi connectivity index (χ1) is 9.08. The van der Waals surface area contributed by atoms with Crippen LogP contribution in [0.3, 0.4) is 0 Å². The first-order valence-corrected chi connectivity index (χ1v) is 6.48. The zero-order valence-electron chi connectivity index (χ0n) is 10.6. The molecule has 3 heteroatoms. The van der Waals surface area contributed by atoms with E-state index in [-0.39, 0.29) is 0 Å². The van der Waals surface area contributed by atoms with Crippen LogP contribution in [0.25, 0.3) is 0 Å². The Hall–Kier alpha value is -1.80. The van der Waals surface area contributed by atoms with Gasteiger partial charge in [-0.15, -0.1) is 0 Å². The lowest BCUT2D eigenvalue weighted by Crippen LogP contribution is -2.14. The largest absolute Gasteiger partial charge is 0.481 e. The van der Waals surface area contributed by atoms with Crippen LogP contribution in [0.4, 0.5) is 0 Å². The van der Waals surface area contributed by atoms with E-state index < -0.39 is 11.9 Å². The van der Waals surface area contributed by atoms with Gasteiger partial charge in [-0.05, 0) is 36.1 Å². The number of hydrogen-bond acceptors (Lipinski definition) is 1.